The van der Waals surface area contributed by atoms with Crippen molar-refractivity contribution < 1.29 is 13.2 Å². The molecule has 0 aromatic heterocycles. The van der Waals surface area contributed by atoms with Crippen LogP contribution in [0.15, 0.2) is 47.4 Å². The van der Waals surface area contributed by atoms with Gasteiger partial charge in [0.2, 0.25) is 10.0 Å². The number of hydrogen-bond acceptors (Lipinski definition) is 4. The van der Waals surface area contributed by atoms with Crippen molar-refractivity contribution in [1.29, 1.82) is 5.26 Å². The van der Waals surface area contributed by atoms with E-state index in [4.69, 9.17) is 16.3 Å². The van der Waals surface area contributed by atoms with Crippen LogP contribution in [0, 0.1) is 11.3 Å². The van der Waals surface area contributed by atoms with Crippen LogP contribution in [-0.2, 0) is 16.4 Å². The van der Waals surface area contributed by atoms with Gasteiger partial charge in [-0.1, -0.05) is 35.9 Å². The minimum Gasteiger partial charge on any atom is -0.496 e. The molecule has 0 fully saturated rings. The molecule has 0 unspecified atom stereocenters. The molecule has 0 amide bonds. The van der Waals surface area contributed by atoms with E-state index in [9.17, 15) is 13.7 Å². The third kappa shape index (κ3) is 3.70. The summed E-state index contributed by atoms with van der Waals surface area (Å²) in [6.45, 7) is 0.250. The number of halogens is 1. The molecule has 0 spiro atoms. The van der Waals surface area contributed by atoms with E-state index >= 15 is 0 Å². The molecule has 0 heterocycles. The average Bonchev–Trinajstić information content (AvgIpc) is 2.59. The lowest BCUT2D eigenvalue weighted by atomic mass is 10.1. The van der Waals surface area contributed by atoms with Crippen molar-refractivity contribution in [2.75, 3.05) is 20.7 Å². The van der Waals surface area contributed by atoms with Crippen molar-refractivity contribution in [3.63, 3.8) is 0 Å². The number of para-hydroxylation sites is 1. The smallest absolute Gasteiger partial charge is 0.244 e. The molecule has 126 valence electrons. The number of nitriles is 1. The van der Waals surface area contributed by atoms with Crippen LogP contribution in [0.5, 0.6) is 5.75 Å². The number of methoxy groups -OCH3 is 1. The lowest BCUT2D eigenvalue weighted by Gasteiger charge is -2.19. The molecule has 0 saturated carbocycles. The number of likely N-dealkylation sites (N-methyl/N-ethyl adjacent to an activating group) is 1. The Labute approximate surface area is 147 Å². The molecular weight excluding hydrogens is 348 g/mol. The minimum atomic E-state index is -3.81. The van der Waals surface area contributed by atoms with Crippen LogP contribution in [0.1, 0.15) is 11.1 Å². The third-order valence-corrected chi connectivity index (χ3v) is 5.88. The number of nitrogens with zero attached hydrogens (tertiary/aromatic N) is 2. The Kier molecular flexibility index (Phi) is 5.84. The summed E-state index contributed by atoms with van der Waals surface area (Å²) in [6, 6.07) is 13.7. The first-order valence-corrected chi connectivity index (χ1v) is 9.00. The van der Waals surface area contributed by atoms with E-state index in [1.807, 2.05) is 30.3 Å². The van der Waals surface area contributed by atoms with E-state index in [2.05, 4.69) is 0 Å². The normalized spacial score (nSPS) is 11.3. The van der Waals surface area contributed by atoms with E-state index < -0.39 is 10.0 Å². The van der Waals surface area contributed by atoms with Crippen molar-refractivity contribution in [2.45, 2.75) is 11.3 Å². The Bertz CT molecular complexity index is 876. The maximum absolute atomic E-state index is 12.7. The highest BCUT2D eigenvalue weighted by molar-refractivity contribution is 7.89. The second kappa shape index (κ2) is 7.67. The molecule has 0 bridgehead atoms. The number of benzene rings is 2. The van der Waals surface area contributed by atoms with Gasteiger partial charge < -0.3 is 4.74 Å². The predicted octanol–water partition coefficient (Wildman–Crippen LogP) is 3.08. The molecule has 7 heteroatoms. The van der Waals surface area contributed by atoms with E-state index in [-0.39, 0.29) is 22.0 Å². The fourth-order valence-electron chi connectivity index (χ4n) is 2.30. The molecule has 2 aromatic rings. The second-order valence-electron chi connectivity index (χ2n) is 5.11. The van der Waals surface area contributed by atoms with Crippen molar-refractivity contribution in [2.24, 2.45) is 0 Å². The highest BCUT2D eigenvalue weighted by atomic mass is 35.5. The molecule has 0 saturated heterocycles. The molecule has 5 nitrogen and oxygen atoms in total. The SMILES string of the molecule is COc1ccccc1CCN(C)S(=O)(=O)c1cccc(Cl)c1C#N. The van der Waals surface area contributed by atoms with Crippen molar-refractivity contribution in [3.05, 3.63) is 58.6 Å². The first-order valence-electron chi connectivity index (χ1n) is 7.18. The monoisotopic (exact) mass is 364 g/mol. The van der Waals surface area contributed by atoms with Crippen LogP contribution in [0.2, 0.25) is 5.02 Å². The average molecular weight is 365 g/mol. The predicted molar refractivity (Wildman–Crippen MR) is 92.7 cm³/mol. The number of hydrogen-bond donors (Lipinski definition) is 0. The van der Waals surface area contributed by atoms with Crippen LogP contribution >= 0.6 is 11.6 Å². The molecule has 0 aliphatic heterocycles. The zero-order chi connectivity index (χ0) is 17.7. The molecule has 0 aliphatic rings. The minimum absolute atomic E-state index is 0.0386. The summed E-state index contributed by atoms with van der Waals surface area (Å²) >= 11 is 5.93. The van der Waals surface area contributed by atoms with Gasteiger partial charge in [-0.15, -0.1) is 0 Å². The first-order chi connectivity index (χ1) is 11.4. The van der Waals surface area contributed by atoms with E-state index in [1.165, 1.54) is 29.6 Å². The zero-order valence-corrected chi connectivity index (χ0v) is 14.9. The summed E-state index contributed by atoms with van der Waals surface area (Å²) in [7, 11) is -0.756. The second-order valence-corrected chi connectivity index (χ2v) is 7.53. The Hall–Kier alpha value is -2.07. The molecule has 0 atom stereocenters. The summed E-state index contributed by atoms with van der Waals surface area (Å²) in [4.78, 5) is -0.0833. The Balaban J connectivity index is 2.25. The van der Waals surface area contributed by atoms with Gasteiger partial charge in [0.1, 0.15) is 16.7 Å². The van der Waals surface area contributed by atoms with Crippen LogP contribution in [0.3, 0.4) is 0 Å². The number of rotatable bonds is 6. The topological polar surface area (TPSA) is 70.4 Å². The zero-order valence-electron chi connectivity index (χ0n) is 13.4. The van der Waals surface area contributed by atoms with Crippen molar-refractivity contribution in [3.8, 4) is 11.8 Å². The van der Waals surface area contributed by atoms with E-state index in [0.29, 0.717) is 12.2 Å². The van der Waals surface area contributed by atoms with Crippen molar-refractivity contribution >= 4 is 21.6 Å². The quantitative estimate of drug-likeness (QED) is 0.789. The molecule has 0 N–H and O–H groups in total. The van der Waals surface area contributed by atoms with Crippen LogP contribution < -0.4 is 4.74 Å². The molecule has 2 aromatic carbocycles. The van der Waals surface area contributed by atoms with E-state index in [0.717, 1.165) is 5.56 Å². The number of sulfonamides is 1. The van der Waals surface area contributed by atoms with Crippen LogP contribution in [-0.4, -0.2) is 33.4 Å². The summed E-state index contributed by atoms with van der Waals surface area (Å²) in [5, 5.41) is 9.31. The Morgan fingerprint density at radius 2 is 1.92 bits per heavy atom. The standard InChI is InChI=1S/C17H17ClN2O3S/c1-20(11-10-13-6-3-4-8-16(13)23-2)24(21,22)17-9-5-7-15(18)14(17)12-19/h3-9H,10-11H2,1-2H3. The molecular formula is C17H17ClN2O3S. The lowest BCUT2D eigenvalue weighted by Crippen LogP contribution is -2.29. The van der Waals surface area contributed by atoms with Crippen LogP contribution in [0.25, 0.3) is 0 Å². The summed E-state index contributed by atoms with van der Waals surface area (Å²) < 4.78 is 31.9. The van der Waals surface area contributed by atoms with Gasteiger partial charge in [-0.2, -0.15) is 5.26 Å². The summed E-state index contributed by atoms with van der Waals surface area (Å²) in [5.41, 5.74) is 0.872. The maximum atomic E-state index is 12.7. The third-order valence-electron chi connectivity index (χ3n) is 3.66. The van der Waals surface area contributed by atoms with E-state index in [1.54, 1.807) is 7.11 Å². The Morgan fingerprint density at radius 1 is 1.21 bits per heavy atom. The first kappa shape index (κ1) is 18.3. The van der Waals surface area contributed by atoms with Gasteiger partial charge in [0.25, 0.3) is 0 Å². The van der Waals surface area contributed by atoms with Gasteiger partial charge in [0, 0.05) is 13.6 Å². The lowest BCUT2D eigenvalue weighted by molar-refractivity contribution is 0.406. The summed E-state index contributed by atoms with van der Waals surface area (Å²) in [5.74, 6) is 0.712. The highest BCUT2D eigenvalue weighted by Crippen LogP contribution is 2.26. The molecule has 2 rings (SSSR count). The van der Waals surface area contributed by atoms with Crippen LogP contribution in [0.4, 0.5) is 0 Å². The van der Waals surface area contributed by atoms with Gasteiger partial charge in [-0.3, -0.25) is 0 Å². The molecule has 0 radical (unpaired) electrons. The highest BCUT2D eigenvalue weighted by Gasteiger charge is 2.25. The number of ether oxygens (including phenoxy) is 1. The fourth-order valence-corrected chi connectivity index (χ4v) is 3.91. The fraction of sp³-hybridized carbons (Fsp3) is 0.235. The van der Waals surface area contributed by atoms with Gasteiger partial charge in [-0.25, -0.2) is 12.7 Å². The van der Waals surface area contributed by atoms with Gasteiger partial charge in [-0.05, 0) is 30.2 Å². The maximum Gasteiger partial charge on any atom is 0.244 e. The van der Waals surface area contributed by atoms with Gasteiger partial charge >= 0.3 is 0 Å². The van der Waals surface area contributed by atoms with Gasteiger partial charge in [0.15, 0.2) is 0 Å². The largest absolute Gasteiger partial charge is 0.496 e. The summed E-state index contributed by atoms with van der Waals surface area (Å²) in [6.07, 6.45) is 0.488. The molecule has 0 aliphatic carbocycles. The van der Waals surface area contributed by atoms with Crippen molar-refractivity contribution in [1.82, 2.24) is 4.31 Å². The molecule has 24 heavy (non-hydrogen) atoms. The van der Waals surface area contributed by atoms with Gasteiger partial charge in [0.05, 0.1) is 17.7 Å². The Morgan fingerprint density at radius 3 is 2.58 bits per heavy atom.